The number of hydrogen-bond acceptors (Lipinski definition) is 5. The van der Waals surface area contributed by atoms with E-state index in [0.717, 1.165) is 56.1 Å². The van der Waals surface area contributed by atoms with Crippen LogP contribution in [0.2, 0.25) is 0 Å². The van der Waals surface area contributed by atoms with E-state index in [1.165, 1.54) is 5.56 Å². The fraction of sp³-hybridized carbons (Fsp3) is 0.310. The van der Waals surface area contributed by atoms with Crippen LogP contribution in [0.3, 0.4) is 0 Å². The smallest absolute Gasteiger partial charge is 0.311 e. The van der Waals surface area contributed by atoms with Gasteiger partial charge in [0.2, 0.25) is 0 Å². The number of hydrogen-bond donors (Lipinski definition) is 1. The summed E-state index contributed by atoms with van der Waals surface area (Å²) in [6.45, 7) is 7.94. The highest BCUT2D eigenvalue weighted by atomic mass is 16.5. The molecule has 0 saturated heterocycles. The van der Waals surface area contributed by atoms with E-state index in [0.29, 0.717) is 6.61 Å². The zero-order valence-corrected chi connectivity index (χ0v) is 20.0. The number of aromatic nitrogens is 1. The Morgan fingerprint density at radius 3 is 2.76 bits per heavy atom. The normalized spacial score (nSPS) is 14.1. The van der Waals surface area contributed by atoms with Crippen LogP contribution in [-0.2, 0) is 16.0 Å². The number of carbonyl (C=O) groups is 1. The summed E-state index contributed by atoms with van der Waals surface area (Å²) in [5.41, 5.74) is 4.96. The van der Waals surface area contributed by atoms with Gasteiger partial charge in [0.1, 0.15) is 18.5 Å². The molecule has 0 bridgehead atoms. The first-order valence-corrected chi connectivity index (χ1v) is 11.7. The summed E-state index contributed by atoms with van der Waals surface area (Å²) in [6, 6.07) is 16.3. The molecule has 4 aromatic rings. The van der Waals surface area contributed by atoms with Gasteiger partial charge in [-0.05, 0) is 78.9 Å². The predicted molar refractivity (Wildman–Crippen MR) is 134 cm³/mol. The molecule has 0 spiro atoms. The van der Waals surface area contributed by atoms with Crippen molar-refractivity contribution in [2.75, 3.05) is 13.2 Å². The van der Waals surface area contributed by atoms with Crippen LogP contribution in [0.5, 0.6) is 5.75 Å². The van der Waals surface area contributed by atoms with Gasteiger partial charge in [-0.1, -0.05) is 30.3 Å². The molecule has 0 saturated carbocycles. The van der Waals surface area contributed by atoms with Crippen molar-refractivity contribution < 1.29 is 19.4 Å². The molecule has 3 aromatic carbocycles. The molecule has 5 heteroatoms. The molecular formula is C29H29NO4. The average Bonchev–Trinajstić information content (AvgIpc) is 2.81. The minimum absolute atomic E-state index is 0.111. The lowest BCUT2D eigenvalue weighted by molar-refractivity contribution is -0.156. The lowest BCUT2D eigenvalue weighted by Gasteiger charge is -2.24. The summed E-state index contributed by atoms with van der Waals surface area (Å²) in [5.74, 6) is 0.498. The highest BCUT2D eigenvalue weighted by Crippen LogP contribution is 2.43. The fourth-order valence-corrected chi connectivity index (χ4v) is 4.78. The number of aliphatic hydroxyl groups excluding tert-OH is 1. The van der Waals surface area contributed by atoms with E-state index in [9.17, 15) is 9.90 Å². The molecule has 174 valence electrons. The summed E-state index contributed by atoms with van der Waals surface area (Å²) in [7, 11) is 0. The number of rotatable bonds is 4. The summed E-state index contributed by atoms with van der Waals surface area (Å²) >= 11 is 0. The summed E-state index contributed by atoms with van der Waals surface area (Å²) < 4.78 is 11.4. The van der Waals surface area contributed by atoms with Crippen LogP contribution < -0.4 is 4.74 Å². The maximum absolute atomic E-state index is 12.4. The second-order valence-electron chi connectivity index (χ2n) is 9.97. The Morgan fingerprint density at radius 2 is 1.97 bits per heavy atom. The van der Waals surface area contributed by atoms with Crippen LogP contribution in [0.4, 0.5) is 0 Å². The van der Waals surface area contributed by atoms with Gasteiger partial charge in [0.15, 0.2) is 0 Å². The molecule has 1 aromatic heterocycles. The molecule has 34 heavy (non-hydrogen) atoms. The quantitative estimate of drug-likeness (QED) is 0.387. The van der Waals surface area contributed by atoms with Gasteiger partial charge in [-0.15, -0.1) is 0 Å². The minimum atomic E-state index is -0.979. The van der Waals surface area contributed by atoms with E-state index in [1.54, 1.807) is 20.8 Å². The number of pyridine rings is 1. The molecule has 2 heterocycles. The van der Waals surface area contributed by atoms with E-state index in [2.05, 4.69) is 18.2 Å². The lowest BCUT2D eigenvalue weighted by atomic mass is 9.86. The van der Waals surface area contributed by atoms with Crippen molar-refractivity contribution >= 4 is 27.6 Å². The molecule has 0 fully saturated rings. The van der Waals surface area contributed by atoms with Gasteiger partial charge in [-0.3, -0.25) is 9.78 Å². The van der Waals surface area contributed by atoms with Crippen LogP contribution in [0.1, 0.15) is 43.6 Å². The molecule has 0 aliphatic carbocycles. The van der Waals surface area contributed by atoms with Crippen LogP contribution in [0.25, 0.3) is 32.8 Å². The first-order chi connectivity index (χ1) is 16.3. The van der Waals surface area contributed by atoms with Crippen molar-refractivity contribution in [1.29, 1.82) is 0 Å². The third kappa shape index (κ3) is 3.80. The van der Waals surface area contributed by atoms with Crippen molar-refractivity contribution in [2.24, 2.45) is 5.41 Å². The number of carbonyl (C=O) groups excluding carboxylic acids is 1. The maximum Gasteiger partial charge on any atom is 0.311 e. The third-order valence-corrected chi connectivity index (χ3v) is 6.45. The number of nitrogens with zero attached hydrogens (tertiary/aromatic N) is 1. The Morgan fingerprint density at radius 1 is 1.18 bits per heavy atom. The summed E-state index contributed by atoms with van der Waals surface area (Å²) in [6.07, 6.45) is 1.70. The molecule has 0 amide bonds. The Labute approximate surface area is 199 Å². The molecule has 1 N–H and O–H groups in total. The van der Waals surface area contributed by atoms with Crippen molar-refractivity contribution in [3.63, 3.8) is 0 Å². The largest absolute Gasteiger partial charge is 0.493 e. The molecule has 1 aliphatic heterocycles. The van der Waals surface area contributed by atoms with Crippen molar-refractivity contribution in [3.8, 4) is 16.9 Å². The molecular weight excluding hydrogens is 426 g/mol. The number of esters is 1. The van der Waals surface area contributed by atoms with Gasteiger partial charge >= 0.3 is 5.97 Å². The predicted octanol–water partition coefficient (Wildman–Crippen LogP) is 5.92. The van der Waals surface area contributed by atoms with Crippen molar-refractivity contribution in [2.45, 2.75) is 40.2 Å². The zero-order chi connectivity index (χ0) is 24.0. The van der Waals surface area contributed by atoms with Gasteiger partial charge in [0.05, 0.1) is 17.5 Å². The number of aliphatic hydroxyl groups is 1. The highest BCUT2D eigenvalue weighted by molar-refractivity contribution is 6.08. The Balaban J connectivity index is 1.73. The SMILES string of the molecule is Cc1cc2ccccc2c(-c2ccc3c4c(ccnc24)CCO3)c1[C@H](O)COC(=O)C(C)(C)C. The van der Waals surface area contributed by atoms with E-state index in [1.807, 2.05) is 43.5 Å². The van der Waals surface area contributed by atoms with Crippen LogP contribution in [0.15, 0.2) is 54.7 Å². The van der Waals surface area contributed by atoms with Gasteiger partial charge < -0.3 is 14.6 Å². The summed E-state index contributed by atoms with van der Waals surface area (Å²) in [4.78, 5) is 17.1. The Hall–Kier alpha value is -3.44. The van der Waals surface area contributed by atoms with E-state index in [-0.39, 0.29) is 12.6 Å². The van der Waals surface area contributed by atoms with Gasteiger partial charge in [0.25, 0.3) is 0 Å². The second-order valence-corrected chi connectivity index (χ2v) is 9.97. The standard InChI is InChI=1S/C29H29NO4/c1-17-15-19-7-5-6-8-20(19)26(24(17)22(31)16-34-28(32)29(2,3)4)21-9-10-23-25-18(12-14-33-23)11-13-30-27(21)25/h5-11,13,15,22,31H,12,14,16H2,1-4H3/t22-/m1/s1. The van der Waals surface area contributed by atoms with E-state index < -0.39 is 11.5 Å². The van der Waals surface area contributed by atoms with E-state index >= 15 is 0 Å². The minimum Gasteiger partial charge on any atom is -0.493 e. The molecule has 0 radical (unpaired) electrons. The van der Waals surface area contributed by atoms with Crippen LogP contribution in [-0.4, -0.2) is 29.3 Å². The van der Waals surface area contributed by atoms with Gasteiger partial charge in [-0.25, -0.2) is 0 Å². The number of aryl methyl sites for hydroxylation is 1. The number of benzene rings is 3. The van der Waals surface area contributed by atoms with Crippen LogP contribution >= 0.6 is 0 Å². The van der Waals surface area contributed by atoms with Gasteiger partial charge in [0, 0.05) is 23.6 Å². The van der Waals surface area contributed by atoms with Gasteiger partial charge in [-0.2, -0.15) is 0 Å². The van der Waals surface area contributed by atoms with Crippen molar-refractivity contribution in [3.05, 3.63) is 71.4 Å². The average molecular weight is 456 g/mol. The molecule has 5 nitrogen and oxygen atoms in total. The molecule has 1 aliphatic rings. The first-order valence-electron chi connectivity index (χ1n) is 11.7. The Bertz CT molecular complexity index is 1410. The first kappa shape index (κ1) is 22.4. The summed E-state index contributed by atoms with van der Waals surface area (Å²) in [5, 5.41) is 14.5. The Kier molecular flexibility index (Phi) is 5.53. The number of fused-ring (bicyclic) bond motifs is 1. The highest BCUT2D eigenvalue weighted by Gasteiger charge is 2.27. The van der Waals surface area contributed by atoms with E-state index in [4.69, 9.17) is 14.5 Å². The van der Waals surface area contributed by atoms with Crippen molar-refractivity contribution in [1.82, 2.24) is 4.98 Å². The lowest BCUT2D eigenvalue weighted by Crippen LogP contribution is -2.25. The topological polar surface area (TPSA) is 68.7 Å². The van der Waals surface area contributed by atoms with Crippen LogP contribution in [0, 0.1) is 12.3 Å². The molecule has 5 rings (SSSR count). The molecule has 1 atom stereocenters. The molecule has 0 unspecified atom stereocenters. The second kappa shape index (κ2) is 8.41. The fourth-order valence-electron chi connectivity index (χ4n) is 4.78. The zero-order valence-electron chi connectivity index (χ0n) is 20.0. The maximum atomic E-state index is 12.4. The third-order valence-electron chi connectivity index (χ3n) is 6.45. The monoisotopic (exact) mass is 455 g/mol. The number of ether oxygens (including phenoxy) is 2.